The van der Waals surface area contributed by atoms with E-state index in [9.17, 15) is 4.79 Å². The van der Waals surface area contributed by atoms with Crippen molar-refractivity contribution in [2.45, 2.75) is 18.4 Å². The van der Waals surface area contributed by atoms with Crippen LogP contribution >= 0.6 is 0 Å². The topological polar surface area (TPSA) is 42.0 Å². The standard InChI is InChI=1S/C15H14N2O/c18-14-9-13(12-7-4-8-16-10-12)15(17-14)11-5-2-1-3-6-11/h1-8,10,13,15H,9H2,(H,17,18)/t13-,15-/m1/s1. The normalized spacial score (nSPS) is 22.8. The van der Waals surface area contributed by atoms with Crippen LogP contribution in [0.2, 0.25) is 0 Å². The van der Waals surface area contributed by atoms with Gasteiger partial charge in [-0.25, -0.2) is 0 Å². The molecule has 3 nitrogen and oxygen atoms in total. The molecule has 1 N–H and O–H groups in total. The van der Waals surface area contributed by atoms with E-state index in [1.807, 2.05) is 36.5 Å². The molecule has 18 heavy (non-hydrogen) atoms. The Balaban J connectivity index is 1.96. The second-order valence-electron chi connectivity index (χ2n) is 4.55. The van der Waals surface area contributed by atoms with E-state index >= 15 is 0 Å². The van der Waals surface area contributed by atoms with Gasteiger partial charge in [0.2, 0.25) is 5.91 Å². The molecule has 0 bridgehead atoms. The van der Waals surface area contributed by atoms with Gasteiger partial charge in [0.15, 0.2) is 0 Å². The van der Waals surface area contributed by atoms with E-state index in [4.69, 9.17) is 0 Å². The lowest BCUT2D eigenvalue weighted by Crippen LogP contribution is -2.20. The number of amides is 1. The summed E-state index contributed by atoms with van der Waals surface area (Å²) in [5.41, 5.74) is 2.27. The zero-order valence-corrected chi connectivity index (χ0v) is 9.91. The lowest BCUT2D eigenvalue weighted by molar-refractivity contribution is -0.119. The van der Waals surface area contributed by atoms with Crippen LogP contribution in [-0.2, 0) is 4.79 Å². The predicted octanol–water partition coefficient (Wildman–Crippen LogP) is 2.43. The number of nitrogens with one attached hydrogen (secondary N) is 1. The molecule has 1 saturated heterocycles. The van der Waals surface area contributed by atoms with Crippen LogP contribution in [0.5, 0.6) is 0 Å². The maximum Gasteiger partial charge on any atom is 0.221 e. The third-order valence-electron chi connectivity index (χ3n) is 3.40. The number of nitrogens with zero attached hydrogens (tertiary/aromatic N) is 1. The third-order valence-corrected chi connectivity index (χ3v) is 3.40. The number of hydrogen-bond donors (Lipinski definition) is 1. The van der Waals surface area contributed by atoms with Crippen molar-refractivity contribution in [2.24, 2.45) is 0 Å². The lowest BCUT2D eigenvalue weighted by Gasteiger charge is -2.19. The van der Waals surface area contributed by atoms with E-state index in [-0.39, 0.29) is 17.9 Å². The minimum absolute atomic E-state index is 0.0582. The van der Waals surface area contributed by atoms with Gasteiger partial charge < -0.3 is 5.32 Å². The average molecular weight is 238 g/mol. The van der Waals surface area contributed by atoms with E-state index in [1.54, 1.807) is 6.20 Å². The van der Waals surface area contributed by atoms with Gasteiger partial charge in [0.05, 0.1) is 6.04 Å². The Labute approximate surface area is 106 Å². The van der Waals surface area contributed by atoms with Gasteiger partial charge in [-0.1, -0.05) is 36.4 Å². The molecule has 3 rings (SSSR count). The zero-order chi connectivity index (χ0) is 12.4. The highest BCUT2D eigenvalue weighted by Crippen LogP contribution is 2.37. The van der Waals surface area contributed by atoms with E-state index in [1.165, 1.54) is 0 Å². The summed E-state index contributed by atoms with van der Waals surface area (Å²) in [7, 11) is 0. The summed E-state index contributed by atoms with van der Waals surface area (Å²) in [5, 5.41) is 3.05. The Morgan fingerprint density at radius 1 is 1.06 bits per heavy atom. The molecule has 2 aromatic rings. The van der Waals surface area contributed by atoms with Crippen molar-refractivity contribution >= 4 is 5.91 Å². The molecule has 3 heteroatoms. The highest BCUT2D eigenvalue weighted by Gasteiger charge is 2.34. The molecule has 1 aliphatic heterocycles. The van der Waals surface area contributed by atoms with Gasteiger partial charge in [-0.2, -0.15) is 0 Å². The van der Waals surface area contributed by atoms with Gasteiger partial charge in [-0.05, 0) is 17.2 Å². The minimum atomic E-state index is 0.0582. The molecule has 0 aliphatic carbocycles. The van der Waals surface area contributed by atoms with E-state index in [0.29, 0.717) is 6.42 Å². The van der Waals surface area contributed by atoms with Crippen LogP contribution in [-0.4, -0.2) is 10.9 Å². The van der Waals surface area contributed by atoms with Crippen molar-refractivity contribution in [3.8, 4) is 0 Å². The number of carbonyl (C=O) groups is 1. The maximum absolute atomic E-state index is 11.7. The molecule has 2 heterocycles. The molecule has 1 fully saturated rings. The SMILES string of the molecule is O=C1C[C@H](c2cccnc2)[C@@H](c2ccccc2)N1. The van der Waals surface area contributed by atoms with Crippen molar-refractivity contribution in [1.29, 1.82) is 0 Å². The van der Waals surface area contributed by atoms with E-state index in [2.05, 4.69) is 22.4 Å². The van der Waals surface area contributed by atoms with Crippen molar-refractivity contribution in [3.05, 3.63) is 66.0 Å². The summed E-state index contributed by atoms with van der Waals surface area (Å²) in [6, 6.07) is 14.1. The van der Waals surface area contributed by atoms with Crippen LogP contribution in [0.4, 0.5) is 0 Å². The lowest BCUT2D eigenvalue weighted by atomic mass is 9.89. The summed E-state index contributed by atoms with van der Waals surface area (Å²) in [5.74, 6) is 0.284. The second-order valence-corrected chi connectivity index (χ2v) is 4.55. The van der Waals surface area contributed by atoms with Gasteiger partial charge in [-0.15, -0.1) is 0 Å². The molecular formula is C15H14N2O. The van der Waals surface area contributed by atoms with Crippen LogP contribution in [0.25, 0.3) is 0 Å². The Hall–Kier alpha value is -2.16. The van der Waals surface area contributed by atoms with Gasteiger partial charge in [-0.3, -0.25) is 9.78 Å². The quantitative estimate of drug-likeness (QED) is 0.873. The number of hydrogen-bond acceptors (Lipinski definition) is 2. The van der Waals surface area contributed by atoms with Gasteiger partial charge >= 0.3 is 0 Å². The number of aromatic nitrogens is 1. The summed E-state index contributed by atoms with van der Waals surface area (Å²) in [6.45, 7) is 0. The van der Waals surface area contributed by atoms with Crippen LogP contribution in [0.3, 0.4) is 0 Å². The molecule has 90 valence electrons. The fraction of sp³-hybridized carbons (Fsp3) is 0.200. The predicted molar refractivity (Wildman–Crippen MR) is 68.9 cm³/mol. The first-order valence-electron chi connectivity index (χ1n) is 6.09. The molecule has 0 unspecified atom stereocenters. The fourth-order valence-corrected chi connectivity index (χ4v) is 2.53. The molecule has 2 atom stereocenters. The Kier molecular flexibility index (Phi) is 2.81. The zero-order valence-electron chi connectivity index (χ0n) is 9.91. The van der Waals surface area contributed by atoms with Crippen LogP contribution < -0.4 is 5.32 Å². The third kappa shape index (κ3) is 1.99. The van der Waals surface area contributed by atoms with Crippen molar-refractivity contribution in [2.75, 3.05) is 0 Å². The average Bonchev–Trinajstić information content (AvgIpc) is 2.83. The molecular weight excluding hydrogens is 224 g/mol. The molecule has 0 spiro atoms. The first-order valence-corrected chi connectivity index (χ1v) is 6.09. The molecule has 0 radical (unpaired) electrons. The summed E-state index contributed by atoms with van der Waals surface area (Å²) in [4.78, 5) is 15.8. The Morgan fingerprint density at radius 2 is 1.83 bits per heavy atom. The molecule has 1 aliphatic rings. The monoisotopic (exact) mass is 238 g/mol. The fourth-order valence-electron chi connectivity index (χ4n) is 2.53. The molecule has 1 amide bonds. The molecule has 1 aromatic heterocycles. The van der Waals surface area contributed by atoms with Gasteiger partial charge in [0.25, 0.3) is 0 Å². The van der Waals surface area contributed by atoms with Gasteiger partial charge in [0.1, 0.15) is 0 Å². The number of benzene rings is 1. The van der Waals surface area contributed by atoms with Crippen molar-refractivity contribution in [3.63, 3.8) is 0 Å². The highest BCUT2D eigenvalue weighted by atomic mass is 16.2. The maximum atomic E-state index is 11.7. The second kappa shape index (κ2) is 4.61. The number of pyridine rings is 1. The smallest absolute Gasteiger partial charge is 0.221 e. The summed E-state index contributed by atoms with van der Waals surface area (Å²) < 4.78 is 0. The largest absolute Gasteiger partial charge is 0.349 e. The number of rotatable bonds is 2. The van der Waals surface area contributed by atoms with E-state index < -0.39 is 0 Å². The van der Waals surface area contributed by atoms with Crippen molar-refractivity contribution < 1.29 is 4.79 Å². The first-order chi connectivity index (χ1) is 8.84. The van der Waals surface area contributed by atoms with Gasteiger partial charge in [0, 0.05) is 24.7 Å². The molecule has 1 aromatic carbocycles. The Bertz CT molecular complexity index is 489. The number of carbonyl (C=O) groups excluding carboxylic acids is 1. The van der Waals surface area contributed by atoms with E-state index in [0.717, 1.165) is 11.1 Å². The van der Waals surface area contributed by atoms with Crippen LogP contribution in [0.1, 0.15) is 29.5 Å². The van der Waals surface area contributed by atoms with Crippen LogP contribution in [0.15, 0.2) is 54.9 Å². The summed E-state index contributed by atoms with van der Waals surface area (Å²) in [6.07, 6.45) is 4.14. The molecule has 0 saturated carbocycles. The van der Waals surface area contributed by atoms with Crippen molar-refractivity contribution in [1.82, 2.24) is 10.3 Å². The summed E-state index contributed by atoms with van der Waals surface area (Å²) >= 11 is 0. The minimum Gasteiger partial charge on any atom is -0.349 e. The highest BCUT2D eigenvalue weighted by molar-refractivity contribution is 5.80. The Morgan fingerprint density at radius 3 is 2.56 bits per heavy atom. The first kappa shape index (κ1) is 11.0. The van der Waals surface area contributed by atoms with Crippen LogP contribution in [0, 0.1) is 0 Å².